The van der Waals surface area contributed by atoms with Gasteiger partial charge in [-0.25, -0.2) is 0 Å². The van der Waals surface area contributed by atoms with Crippen molar-refractivity contribution in [2.24, 2.45) is 5.92 Å². The molecule has 2 aliphatic rings. The van der Waals surface area contributed by atoms with E-state index in [-0.39, 0.29) is 5.41 Å². The molecule has 6 aromatic rings. The van der Waals surface area contributed by atoms with Gasteiger partial charge in [-0.2, -0.15) is 0 Å². The van der Waals surface area contributed by atoms with E-state index >= 15 is 0 Å². The molecule has 40 heavy (non-hydrogen) atoms. The predicted molar refractivity (Wildman–Crippen MR) is 169 cm³/mol. The lowest BCUT2D eigenvalue weighted by Gasteiger charge is -2.32. The van der Waals surface area contributed by atoms with Crippen LogP contribution in [0.25, 0.3) is 43.9 Å². The predicted octanol–water partition coefficient (Wildman–Crippen LogP) is 10.7. The smallest absolute Gasteiger partial charge is 0.135 e. The van der Waals surface area contributed by atoms with E-state index in [0.717, 1.165) is 17.6 Å². The Bertz CT molecular complexity index is 2020. The van der Waals surface area contributed by atoms with Gasteiger partial charge in [-0.3, -0.25) is 0 Å². The van der Waals surface area contributed by atoms with Gasteiger partial charge in [0.15, 0.2) is 0 Å². The number of allylic oxidation sites excluding steroid dienone is 4. The third-order valence-electron chi connectivity index (χ3n) is 9.72. The maximum absolute atomic E-state index is 6.09. The molecule has 0 radical (unpaired) electrons. The normalized spacial score (nSPS) is 18.4. The Hall–Kier alpha value is -4.36. The number of hydrogen-bond donors (Lipinski definition) is 0. The number of furan rings is 1. The molecule has 194 valence electrons. The molecular formula is C39H32O. The zero-order chi connectivity index (χ0) is 27.0. The third-order valence-corrected chi connectivity index (χ3v) is 9.72. The molecule has 5 aromatic carbocycles. The molecular weight excluding hydrogens is 484 g/mol. The standard InChI is InChI=1S/C39H32O/c1-24(29-13-8-10-25-9-4-5-11-30(25)29)26-15-18-31-32-19-16-28(23-36(32)39(2,3)35(31)22-26)27-17-20-38-34(21-27)33-12-6-7-14-37(33)40-38/h4-22,24,36H,23H2,1-3H3/t24-,36?/m0/s1. The molecule has 2 atom stereocenters. The Balaban J connectivity index is 1.17. The fourth-order valence-corrected chi connectivity index (χ4v) is 7.38. The summed E-state index contributed by atoms with van der Waals surface area (Å²) < 4.78 is 6.09. The first-order valence-corrected chi connectivity index (χ1v) is 14.4. The molecule has 0 saturated carbocycles. The Morgan fingerprint density at radius 1 is 0.725 bits per heavy atom. The average Bonchev–Trinajstić information content (AvgIpc) is 3.48. The maximum atomic E-state index is 6.09. The largest absolute Gasteiger partial charge is 0.456 e. The van der Waals surface area contributed by atoms with Crippen molar-refractivity contribution in [2.75, 3.05) is 0 Å². The van der Waals surface area contributed by atoms with Gasteiger partial charge in [0.2, 0.25) is 0 Å². The second-order valence-corrected chi connectivity index (χ2v) is 12.2. The topological polar surface area (TPSA) is 13.1 Å². The van der Waals surface area contributed by atoms with Crippen molar-refractivity contribution in [3.05, 3.63) is 143 Å². The van der Waals surface area contributed by atoms with Crippen LogP contribution in [-0.4, -0.2) is 0 Å². The Morgan fingerprint density at radius 2 is 1.50 bits per heavy atom. The summed E-state index contributed by atoms with van der Waals surface area (Å²) >= 11 is 0. The Morgan fingerprint density at radius 3 is 2.40 bits per heavy atom. The number of fused-ring (bicyclic) bond motifs is 7. The molecule has 0 amide bonds. The monoisotopic (exact) mass is 516 g/mol. The molecule has 0 N–H and O–H groups in total. The van der Waals surface area contributed by atoms with E-state index in [1.807, 2.05) is 6.07 Å². The van der Waals surface area contributed by atoms with Crippen LogP contribution in [-0.2, 0) is 5.41 Å². The van der Waals surface area contributed by atoms with Crippen LogP contribution in [0.15, 0.2) is 120 Å². The zero-order valence-electron chi connectivity index (χ0n) is 23.2. The minimum atomic E-state index is 0.0571. The minimum absolute atomic E-state index is 0.0571. The van der Waals surface area contributed by atoms with E-state index < -0.39 is 0 Å². The highest BCUT2D eigenvalue weighted by Gasteiger charge is 2.44. The second kappa shape index (κ2) is 8.57. The average molecular weight is 517 g/mol. The molecule has 0 fully saturated rings. The van der Waals surface area contributed by atoms with Gasteiger partial charge >= 0.3 is 0 Å². The molecule has 1 heterocycles. The zero-order valence-corrected chi connectivity index (χ0v) is 23.2. The van der Waals surface area contributed by atoms with Gasteiger partial charge in [-0.05, 0) is 85.7 Å². The van der Waals surface area contributed by atoms with E-state index in [9.17, 15) is 0 Å². The molecule has 0 aliphatic heterocycles. The highest BCUT2D eigenvalue weighted by Crippen LogP contribution is 2.55. The van der Waals surface area contributed by atoms with E-state index in [2.05, 4.69) is 130 Å². The van der Waals surface area contributed by atoms with Crippen molar-refractivity contribution in [2.45, 2.75) is 38.5 Å². The van der Waals surface area contributed by atoms with Crippen molar-refractivity contribution in [1.29, 1.82) is 0 Å². The Kier molecular flexibility index (Phi) is 5.04. The molecule has 2 aliphatic carbocycles. The second-order valence-electron chi connectivity index (χ2n) is 12.2. The van der Waals surface area contributed by atoms with Gasteiger partial charge in [0, 0.05) is 16.7 Å². The molecule has 0 saturated heterocycles. The highest BCUT2D eigenvalue weighted by molar-refractivity contribution is 6.06. The van der Waals surface area contributed by atoms with Gasteiger partial charge in [0.1, 0.15) is 11.2 Å². The maximum Gasteiger partial charge on any atom is 0.135 e. The minimum Gasteiger partial charge on any atom is -0.456 e. The van der Waals surface area contributed by atoms with Crippen molar-refractivity contribution < 1.29 is 4.42 Å². The van der Waals surface area contributed by atoms with Crippen LogP contribution in [0, 0.1) is 5.92 Å². The SMILES string of the molecule is C[C@@H](c1ccc2c(c1)C(C)(C)C1CC(c3ccc4oc5ccccc5c4c3)=CC=C21)c1cccc2ccccc12. The lowest BCUT2D eigenvalue weighted by atomic mass is 9.72. The first kappa shape index (κ1) is 23.5. The van der Waals surface area contributed by atoms with Crippen LogP contribution in [0.4, 0.5) is 0 Å². The summed E-state index contributed by atoms with van der Waals surface area (Å²) in [7, 11) is 0. The fraction of sp³-hybridized carbons (Fsp3) is 0.179. The summed E-state index contributed by atoms with van der Waals surface area (Å²) in [5.41, 5.74) is 11.9. The summed E-state index contributed by atoms with van der Waals surface area (Å²) in [6.07, 6.45) is 5.79. The summed E-state index contributed by atoms with van der Waals surface area (Å²) in [5.74, 6) is 0.788. The molecule has 1 aromatic heterocycles. The van der Waals surface area contributed by atoms with Gasteiger partial charge in [-0.1, -0.05) is 118 Å². The van der Waals surface area contributed by atoms with Gasteiger partial charge in [-0.15, -0.1) is 0 Å². The number of hydrogen-bond acceptors (Lipinski definition) is 1. The van der Waals surface area contributed by atoms with E-state index in [1.54, 1.807) is 0 Å². The van der Waals surface area contributed by atoms with Crippen molar-refractivity contribution >= 4 is 43.9 Å². The first-order chi connectivity index (χ1) is 19.5. The molecule has 1 nitrogen and oxygen atoms in total. The molecule has 1 unspecified atom stereocenters. The highest BCUT2D eigenvalue weighted by atomic mass is 16.3. The third kappa shape index (κ3) is 3.40. The van der Waals surface area contributed by atoms with Crippen LogP contribution in [0.5, 0.6) is 0 Å². The summed E-state index contributed by atoms with van der Waals surface area (Å²) in [4.78, 5) is 0. The van der Waals surface area contributed by atoms with Crippen LogP contribution in [0.1, 0.15) is 60.9 Å². The lowest BCUT2D eigenvalue weighted by Crippen LogP contribution is -2.25. The number of para-hydroxylation sites is 1. The van der Waals surface area contributed by atoms with E-state index in [0.29, 0.717) is 11.8 Å². The quantitative estimate of drug-likeness (QED) is 0.228. The van der Waals surface area contributed by atoms with Gasteiger partial charge < -0.3 is 4.42 Å². The Labute approximate surface area is 235 Å². The first-order valence-electron chi connectivity index (χ1n) is 14.4. The molecule has 0 bridgehead atoms. The van der Waals surface area contributed by atoms with Gasteiger partial charge in [0.05, 0.1) is 0 Å². The van der Waals surface area contributed by atoms with Crippen LogP contribution < -0.4 is 0 Å². The molecule has 8 rings (SSSR count). The van der Waals surface area contributed by atoms with E-state index in [1.165, 1.54) is 60.5 Å². The number of benzene rings is 5. The molecule has 0 spiro atoms. The van der Waals surface area contributed by atoms with Crippen molar-refractivity contribution in [3.63, 3.8) is 0 Å². The van der Waals surface area contributed by atoms with Crippen molar-refractivity contribution in [3.8, 4) is 0 Å². The van der Waals surface area contributed by atoms with E-state index in [4.69, 9.17) is 4.42 Å². The summed E-state index contributed by atoms with van der Waals surface area (Å²) in [6, 6.07) is 37.7. The summed E-state index contributed by atoms with van der Waals surface area (Å²) in [5, 5.41) is 5.05. The lowest BCUT2D eigenvalue weighted by molar-refractivity contribution is 0.418. The van der Waals surface area contributed by atoms with Gasteiger partial charge in [0.25, 0.3) is 0 Å². The van der Waals surface area contributed by atoms with Crippen LogP contribution >= 0.6 is 0 Å². The molecule has 1 heteroatoms. The fourth-order valence-electron chi connectivity index (χ4n) is 7.38. The summed E-state index contributed by atoms with van der Waals surface area (Å²) in [6.45, 7) is 7.24. The number of rotatable bonds is 3. The van der Waals surface area contributed by atoms with Crippen LogP contribution in [0.3, 0.4) is 0 Å². The van der Waals surface area contributed by atoms with Crippen LogP contribution in [0.2, 0.25) is 0 Å². The van der Waals surface area contributed by atoms with Crippen molar-refractivity contribution in [1.82, 2.24) is 0 Å².